The quantitative estimate of drug-likeness (QED) is 0.488. The maximum atomic E-state index is 8.91. The first kappa shape index (κ1) is 18.0. The van der Waals surface area contributed by atoms with Gasteiger partial charge in [-0.25, -0.2) is 0 Å². The molecule has 0 atom stereocenters. The molecule has 110 valence electrons. The third-order valence-electron chi connectivity index (χ3n) is 2.78. The fourth-order valence-electron chi connectivity index (χ4n) is 1.83. The van der Waals surface area contributed by atoms with Crippen LogP contribution >= 0.6 is 0 Å². The highest BCUT2D eigenvalue weighted by Crippen LogP contribution is 2.16. The predicted molar refractivity (Wildman–Crippen MR) is 71.4 cm³/mol. The molecule has 6 nitrogen and oxygen atoms in total. The smallest absolute Gasteiger partial charge is 0.395 e. The number of aliphatic hydroxyl groups excluding tert-OH is 2. The van der Waals surface area contributed by atoms with E-state index in [9.17, 15) is 0 Å². The van der Waals surface area contributed by atoms with E-state index in [0.717, 1.165) is 19.0 Å². The molecule has 0 aromatic carbocycles. The highest BCUT2D eigenvalue weighted by molar-refractivity contribution is 6.60. The summed E-state index contributed by atoms with van der Waals surface area (Å²) in [5, 5.41) is 17.8. The van der Waals surface area contributed by atoms with E-state index in [-0.39, 0.29) is 13.2 Å². The zero-order valence-electron chi connectivity index (χ0n) is 11.7. The van der Waals surface area contributed by atoms with Crippen molar-refractivity contribution in [3.63, 3.8) is 0 Å². The highest BCUT2D eigenvalue weighted by Gasteiger charge is 2.37. The van der Waals surface area contributed by atoms with Crippen molar-refractivity contribution in [3.05, 3.63) is 0 Å². The monoisotopic (exact) mass is 281 g/mol. The number of hydrogen-bond acceptors (Lipinski definition) is 6. The molecule has 18 heavy (non-hydrogen) atoms. The summed E-state index contributed by atoms with van der Waals surface area (Å²) in [4.78, 5) is 2.01. The molecule has 0 aromatic heterocycles. The number of nitrogens with zero attached hydrogens (tertiary/aromatic N) is 1. The summed E-state index contributed by atoms with van der Waals surface area (Å²) in [5.41, 5.74) is 0. The van der Waals surface area contributed by atoms with Gasteiger partial charge in [-0.2, -0.15) is 0 Å². The number of aliphatic hydroxyl groups is 2. The molecule has 0 aliphatic rings. The fraction of sp³-hybridized carbons (Fsp3) is 1.00. The van der Waals surface area contributed by atoms with Crippen molar-refractivity contribution in [2.24, 2.45) is 0 Å². The molecular weight excluding hydrogens is 254 g/mol. The Hall–Kier alpha value is -0.0231. The molecule has 0 unspecified atom stereocenters. The van der Waals surface area contributed by atoms with Gasteiger partial charge in [0.1, 0.15) is 0 Å². The van der Waals surface area contributed by atoms with Crippen LogP contribution in [0.25, 0.3) is 0 Å². The summed E-state index contributed by atoms with van der Waals surface area (Å²) in [5.74, 6) is 0. The average molecular weight is 281 g/mol. The molecule has 0 aromatic rings. The number of hydrogen-bond donors (Lipinski definition) is 2. The Balaban J connectivity index is 4.09. The molecule has 0 rings (SSSR count). The van der Waals surface area contributed by atoms with Crippen LogP contribution in [0.15, 0.2) is 0 Å². The van der Waals surface area contributed by atoms with Crippen molar-refractivity contribution in [1.82, 2.24) is 4.90 Å². The Labute approximate surface area is 111 Å². The van der Waals surface area contributed by atoms with Crippen LogP contribution in [0.4, 0.5) is 0 Å². The van der Waals surface area contributed by atoms with Crippen LogP contribution in [0.1, 0.15) is 13.3 Å². The third kappa shape index (κ3) is 6.79. The van der Waals surface area contributed by atoms with Crippen molar-refractivity contribution in [2.45, 2.75) is 19.4 Å². The second kappa shape index (κ2) is 10.9. The van der Waals surface area contributed by atoms with Crippen LogP contribution < -0.4 is 0 Å². The standard InChI is InChI=1S/C11H27NO5Si/c1-4-17-18(15-2,16-3)11-5-6-12(7-9-13)8-10-14/h13-14H,4-11H2,1-3H3. The van der Waals surface area contributed by atoms with Crippen molar-refractivity contribution in [1.29, 1.82) is 0 Å². The van der Waals surface area contributed by atoms with E-state index >= 15 is 0 Å². The van der Waals surface area contributed by atoms with Crippen LogP contribution in [0.2, 0.25) is 6.04 Å². The molecule has 0 aliphatic carbocycles. The molecule has 0 bridgehead atoms. The van der Waals surface area contributed by atoms with Crippen LogP contribution in [0.3, 0.4) is 0 Å². The minimum absolute atomic E-state index is 0.0998. The molecular formula is C11H27NO5Si. The second-order valence-corrected chi connectivity index (χ2v) is 6.89. The lowest BCUT2D eigenvalue weighted by Gasteiger charge is -2.27. The van der Waals surface area contributed by atoms with Crippen molar-refractivity contribution >= 4 is 8.80 Å². The van der Waals surface area contributed by atoms with Gasteiger partial charge in [0.2, 0.25) is 0 Å². The lowest BCUT2D eigenvalue weighted by molar-refractivity contribution is 0.101. The lowest BCUT2D eigenvalue weighted by atomic mass is 10.4. The van der Waals surface area contributed by atoms with Gasteiger partial charge >= 0.3 is 8.80 Å². The molecule has 0 radical (unpaired) electrons. The van der Waals surface area contributed by atoms with Gasteiger partial charge in [0, 0.05) is 40.0 Å². The highest BCUT2D eigenvalue weighted by atomic mass is 28.4. The molecule has 0 spiro atoms. The second-order valence-electron chi connectivity index (χ2n) is 3.92. The topological polar surface area (TPSA) is 71.4 Å². The summed E-state index contributed by atoms with van der Waals surface area (Å²) in [6.07, 6.45) is 0.855. The Morgan fingerprint density at radius 1 is 1.00 bits per heavy atom. The molecule has 0 saturated carbocycles. The zero-order valence-corrected chi connectivity index (χ0v) is 12.7. The van der Waals surface area contributed by atoms with E-state index in [0.29, 0.717) is 19.7 Å². The van der Waals surface area contributed by atoms with Gasteiger partial charge in [0.15, 0.2) is 0 Å². The normalized spacial score (nSPS) is 12.3. The molecule has 0 saturated heterocycles. The fourth-order valence-corrected chi connectivity index (χ4v) is 3.82. The van der Waals surface area contributed by atoms with Gasteiger partial charge in [0.05, 0.1) is 13.2 Å². The largest absolute Gasteiger partial charge is 0.500 e. The zero-order chi connectivity index (χ0) is 13.9. The minimum atomic E-state index is -2.51. The summed E-state index contributed by atoms with van der Waals surface area (Å²) in [6.45, 7) is 4.63. The Morgan fingerprint density at radius 2 is 1.56 bits per heavy atom. The van der Waals surface area contributed by atoms with Crippen molar-refractivity contribution in [2.75, 3.05) is 53.7 Å². The third-order valence-corrected chi connectivity index (χ3v) is 5.71. The molecule has 0 heterocycles. The van der Waals surface area contributed by atoms with Gasteiger partial charge in [-0.1, -0.05) is 0 Å². The first-order valence-electron chi connectivity index (χ1n) is 6.36. The number of rotatable bonds is 12. The Kier molecular flexibility index (Phi) is 10.8. The SMILES string of the molecule is CCO[Si](CCCN(CCO)CCO)(OC)OC. The van der Waals surface area contributed by atoms with Crippen molar-refractivity contribution < 1.29 is 23.5 Å². The summed E-state index contributed by atoms with van der Waals surface area (Å²) < 4.78 is 16.4. The molecule has 2 N–H and O–H groups in total. The van der Waals surface area contributed by atoms with Crippen LogP contribution in [-0.2, 0) is 13.3 Å². The minimum Gasteiger partial charge on any atom is -0.395 e. The van der Waals surface area contributed by atoms with E-state index in [2.05, 4.69) is 0 Å². The molecule has 7 heteroatoms. The maximum Gasteiger partial charge on any atom is 0.500 e. The van der Waals surface area contributed by atoms with Gasteiger partial charge in [-0.05, 0) is 19.9 Å². The average Bonchev–Trinajstić information content (AvgIpc) is 2.38. The van der Waals surface area contributed by atoms with E-state index in [1.165, 1.54) is 0 Å². The van der Waals surface area contributed by atoms with Crippen LogP contribution in [0, 0.1) is 0 Å². The summed E-state index contributed by atoms with van der Waals surface area (Å²) >= 11 is 0. The van der Waals surface area contributed by atoms with Crippen LogP contribution in [0.5, 0.6) is 0 Å². The molecule has 0 fully saturated rings. The first-order valence-corrected chi connectivity index (χ1v) is 8.29. The van der Waals surface area contributed by atoms with Gasteiger partial charge in [-0.15, -0.1) is 0 Å². The Morgan fingerprint density at radius 3 is 1.94 bits per heavy atom. The van der Waals surface area contributed by atoms with E-state index in [1.54, 1.807) is 14.2 Å². The van der Waals surface area contributed by atoms with Crippen molar-refractivity contribution in [3.8, 4) is 0 Å². The van der Waals surface area contributed by atoms with Crippen LogP contribution in [-0.4, -0.2) is 77.6 Å². The maximum absolute atomic E-state index is 8.91. The van der Waals surface area contributed by atoms with E-state index < -0.39 is 8.80 Å². The Bertz CT molecular complexity index is 186. The van der Waals surface area contributed by atoms with Gasteiger partial charge < -0.3 is 23.5 Å². The predicted octanol–water partition coefficient (Wildman–Crippen LogP) is -0.0687. The lowest BCUT2D eigenvalue weighted by Crippen LogP contribution is -2.44. The summed E-state index contributed by atoms with van der Waals surface area (Å²) in [6, 6.07) is 0.737. The first-order chi connectivity index (χ1) is 8.67. The van der Waals surface area contributed by atoms with Gasteiger partial charge in [0.25, 0.3) is 0 Å². The van der Waals surface area contributed by atoms with E-state index in [1.807, 2.05) is 11.8 Å². The summed E-state index contributed by atoms with van der Waals surface area (Å²) in [7, 11) is 0.723. The van der Waals surface area contributed by atoms with E-state index in [4.69, 9.17) is 23.5 Å². The molecule has 0 amide bonds. The molecule has 0 aliphatic heterocycles. The van der Waals surface area contributed by atoms with Gasteiger partial charge in [-0.3, -0.25) is 4.90 Å².